The third-order valence-electron chi connectivity index (χ3n) is 5.38. The van der Waals surface area contributed by atoms with Gasteiger partial charge in [0.05, 0.1) is 0 Å². The largest absolute Gasteiger partial charge is 0.508 e. The van der Waals surface area contributed by atoms with Gasteiger partial charge in [-0.3, -0.25) is 14.4 Å². The maximum atomic E-state index is 9.86. The molecule has 6 N–H and O–H groups in total. The van der Waals surface area contributed by atoms with Crippen molar-refractivity contribution >= 4 is 17.9 Å². The molecule has 37 heavy (non-hydrogen) atoms. The first-order valence-corrected chi connectivity index (χ1v) is 11.8. The highest BCUT2D eigenvalue weighted by atomic mass is 16.4. The van der Waals surface area contributed by atoms with Gasteiger partial charge in [0.25, 0.3) is 17.9 Å². The number of carbonyl (C=O) groups is 3. The number of phenols is 3. The molecule has 10 heteroatoms. The summed E-state index contributed by atoms with van der Waals surface area (Å²) in [6.07, 6.45) is 4.18. The molecule has 2 aromatic rings. The summed E-state index contributed by atoms with van der Waals surface area (Å²) in [5, 5.41) is 51.2. The quantitative estimate of drug-likeness (QED) is 0.304. The number of carboxylic acids is 3. The van der Waals surface area contributed by atoms with Gasteiger partial charge in [-0.25, -0.2) is 0 Å². The third kappa shape index (κ3) is 14.4. The van der Waals surface area contributed by atoms with E-state index in [0.29, 0.717) is 5.75 Å². The molecule has 1 atom stereocenters. The van der Waals surface area contributed by atoms with E-state index in [0.717, 1.165) is 71.7 Å². The minimum absolute atomic E-state index is 0.0565. The Labute approximate surface area is 217 Å². The van der Waals surface area contributed by atoms with Crippen molar-refractivity contribution in [2.45, 2.75) is 58.8 Å². The number of hydrogen-bond donors (Lipinski definition) is 6. The molecule has 1 fully saturated rings. The second-order valence-electron chi connectivity index (χ2n) is 8.74. The molecule has 1 heterocycles. The van der Waals surface area contributed by atoms with Crippen molar-refractivity contribution < 1.29 is 45.0 Å². The molecule has 0 bridgehead atoms. The molecular weight excluding hydrogens is 482 g/mol. The zero-order valence-electron chi connectivity index (χ0n) is 21.8. The van der Waals surface area contributed by atoms with E-state index < -0.39 is 17.9 Å². The van der Waals surface area contributed by atoms with Crippen LogP contribution in [0.3, 0.4) is 0 Å². The van der Waals surface area contributed by atoms with Gasteiger partial charge in [0.2, 0.25) is 0 Å². The fourth-order valence-electron chi connectivity index (χ4n) is 4.06. The lowest BCUT2D eigenvalue weighted by Crippen LogP contribution is -2.32. The fourth-order valence-corrected chi connectivity index (χ4v) is 4.06. The first-order valence-electron chi connectivity index (χ1n) is 11.8. The zero-order chi connectivity index (χ0) is 28.6. The van der Waals surface area contributed by atoms with E-state index in [9.17, 15) is 15.3 Å². The molecule has 206 valence electrons. The summed E-state index contributed by atoms with van der Waals surface area (Å²) in [6.45, 7) is 8.43. The van der Waals surface area contributed by atoms with Crippen LogP contribution in [0, 0.1) is 0 Å². The van der Waals surface area contributed by atoms with Gasteiger partial charge in [-0.2, -0.15) is 0 Å². The normalized spacial score (nSPS) is 16.1. The first-order chi connectivity index (χ1) is 17.2. The van der Waals surface area contributed by atoms with Gasteiger partial charge < -0.3 is 35.5 Å². The van der Waals surface area contributed by atoms with Gasteiger partial charge in [0.1, 0.15) is 5.75 Å². The van der Waals surface area contributed by atoms with Gasteiger partial charge in [-0.1, -0.05) is 31.5 Å². The number of benzene rings is 2. The Morgan fingerprint density at radius 3 is 1.92 bits per heavy atom. The molecule has 0 aliphatic carbocycles. The van der Waals surface area contributed by atoms with Crippen molar-refractivity contribution in [3.63, 3.8) is 0 Å². The van der Waals surface area contributed by atoms with E-state index in [1.54, 1.807) is 18.2 Å². The molecule has 1 saturated heterocycles. The maximum absolute atomic E-state index is 9.86. The van der Waals surface area contributed by atoms with E-state index in [1.165, 1.54) is 5.56 Å². The first kappa shape index (κ1) is 33.2. The Balaban J connectivity index is 0.000000908. The number of aliphatic carboxylic acids is 3. The summed E-state index contributed by atoms with van der Waals surface area (Å²) in [4.78, 5) is 29.5. The number of rotatable bonds is 6. The van der Waals surface area contributed by atoms with Crippen molar-refractivity contribution in [3.8, 4) is 17.2 Å². The number of nitrogens with zero attached hydrogens (tertiary/aromatic N) is 1. The van der Waals surface area contributed by atoms with Gasteiger partial charge in [0.15, 0.2) is 11.5 Å². The molecule has 3 rings (SSSR count). The van der Waals surface area contributed by atoms with Crippen LogP contribution in [0.4, 0.5) is 0 Å². The Hall–Kier alpha value is -3.79. The van der Waals surface area contributed by atoms with E-state index in [4.69, 9.17) is 29.7 Å². The summed E-state index contributed by atoms with van der Waals surface area (Å²) in [7, 11) is 0. The molecule has 1 aliphatic heterocycles. The van der Waals surface area contributed by atoms with E-state index in [-0.39, 0.29) is 16.9 Å². The van der Waals surface area contributed by atoms with Crippen LogP contribution in [0.5, 0.6) is 17.2 Å². The summed E-state index contributed by atoms with van der Waals surface area (Å²) >= 11 is 0. The van der Waals surface area contributed by atoms with Crippen molar-refractivity contribution in [2.24, 2.45) is 0 Å². The van der Waals surface area contributed by atoms with Crippen LogP contribution >= 0.6 is 0 Å². The van der Waals surface area contributed by atoms with Gasteiger partial charge in [-0.15, -0.1) is 0 Å². The SMILES string of the molecule is CC(=O)O.CC(=O)O.CC(=O)O.CCCC1(c2cccc(O)c2)CCN(CCc2ccc(O)c(O)c2)C1. The summed E-state index contributed by atoms with van der Waals surface area (Å²) in [6, 6.07) is 12.8. The minimum atomic E-state index is -0.833. The zero-order valence-corrected chi connectivity index (χ0v) is 21.8. The number of likely N-dealkylation sites (tertiary alicyclic amines) is 1. The second-order valence-corrected chi connectivity index (χ2v) is 8.74. The lowest BCUT2D eigenvalue weighted by Gasteiger charge is -2.30. The highest BCUT2D eigenvalue weighted by Gasteiger charge is 2.38. The highest BCUT2D eigenvalue weighted by Crippen LogP contribution is 2.39. The fraction of sp³-hybridized carbons (Fsp3) is 0.444. The van der Waals surface area contributed by atoms with Gasteiger partial charge in [-0.05, 0) is 61.2 Å². The van der Waals surface area contributed by atoms with Crippen LogP contribution in [-0.2, 0) is 26.2 Å². The van der Waals surface area contributed by atoms with Crippen LogP contribution in [-0.4, -0.2) is 73.1 Å². The molecule has 10 nitrogen and oxygen atoms in total. The second kappa shape index (κ2) is 16.8. The molecule has 1 unspecified atom stereocenters. The predicted molar refractivity (Wildman–Crippen MR) is 139 cm³/mol. The molecule has 1 aliphatic rings. The van der Waals surface area contributed by atoms with Crippen LogP contribution in [0.15, 0.2) is 42.5 Å². The van der Waals surface area contributed by atoms with Crippen LogP contribution < -0.4 is 0 Å². The Kier molecular flexibility index (Phi) is 15.1. The highest BCUT2D eigenvalue weighted by molar-refractivity contribution is 5.63. The lowest BCUT2D eigenvalue weighted by atomic mass is 9.76. The average molecular weight is 522 g/mol. The van der Waals surface area contributed by atoms with Crippen molar-refractivity contribution in [2.75, 3.05) is 19.6 Å². The van der Waals surface area contributed by atoms with Crippen molar-refractivity contribution in [1.29, 1.82) is 0 Å². The summed E-state index contributed by atoms with van der Waals surface area (Å²) in [5.74, 6) is -2.29. The monoisotopic (exact) mass is 521 g/mol. The Morgan fingerprint density at radius 1 is 0.865 bits per heavy atom. The van der Waals surface area contributed by atoms with E-state index >= 15 is 0 Å². The Bertz CT molecular complexity index is 969. The van der Waals surface area contributed by atoms with Crippen molar-refractivity contribution in [1.82, 2.24) is 4.90 Å². The summed E-state index contributed by atoms with van der Waals surface area (Å²) in [5.41, 5.74) is 2.38. The lowest BCUT2D eigenvalue weighted by molar-refractivity contribution is -0.135. The molecule has 0 amide bonds. The van der Waals surface area contributed by atoms with Crippen molar-refractivity contribution in [3.05, 3.63) is 53.6 Å². The van der Waals surface area contributed by atoms with Gasteiger partial charge >= 0.3 is 0 Å². The van der Waals surface area contributed by atoms with Crippen LogP contribution in [0.2, 0.25) is 0 Å². The Morgan fingerprint density at radius 2 is 1.43 bits per heavy atom. The molecule has 0 saturated carbocycles. The number of phenolic OH excluding ortho intramolecular Hbond substituents is 3. The topological polar surface area (TPSA) is 176 Å². The third-order valence-corrected chi connectivity index (χ3v) is 5.38. The van der Waals surface area contributed by atoms with E-state index in [1.807, 2.05) is 18.2 Å². The number of aromatic hydroxyl groups is 3. The standard InChI is InChI=1S/C21H27NO3.3C2H4O2/c1-2-9-21(17-4-3-5-18(23)14-17)10-12-22(15-21)11-8-16-6-7-19(24)20(25)13-16;3*1-2(3)4/h3-7,13-14,23-25H,2,8-12,15H2,1H3;3*1H3,(H,3,4). The van der Waals surface area contributed by atoms with Gasteiger partial charge in [0, 0.05) is 39.3 Å². The van der Waals surface area contributed by atoms with Crippen LogP contribution in [0.25, 0.3) is 0 Å². The van der Waals surface area contributed by atoms with E-state index in [2.05, 4.69) is 17.9 Å². The molecule has 0 radical (unpaired) electrons. The molecule has 2 aromatic carbocycles. The smallest absolute Gasteiger partial charge is 0.300 e. The summed E-state index contributed by atoms with van der Waals surface area (Å²) < 4.78 is 0. The molecular formula is C27H39NO9. The number of carboxylic acid groups (broad SMARTS) is 3. The average Bonchev–Trinajstić information content (AvgIpc) is 3.18. The minimum Gasteiger partial charge on any atom is -0.508 e. The maximum Gasteiger partial charge on any atom is 0.300 e. The predicted octanol–water partition coefficient (Wildman–Crippen LogP) is 4.06. The molecule has 0 aromatic heterocycles. The number of hydrogen-bond acceptors (Lipinski definition) is 7. The molecule has 0 spiro atoms. The van der Waals surface area contributed by atoms with Crippen LogP contribution in [0.1, 0.15) is 58.1 Å².